The van der Waals surface area contributed by atoms with Crippen molar-refractivity contribution in [3.63, 3.8) is 0 Å². The van der Waals surface area contributed by atoms with Crippen LogP contribution in [0.1, 0.15) is 13.3 Å². The molecule has 1 aliphatic heterocycles. The molecule has 104 valence electrons. The van der Waals surface area contributed by atoms with Gasteiger partial charge in [-0.15, -0.1) is 0 Å². The van der Waals surface area contributed by atoms with E-state index in [2.05, 4.69) is 24.2 Å². The first-order chi connectivity index (χ1) is 8.97. The minimum absolute atomic E-state index is 0.181. The SMILES string of the molecule is CC1CN(C)CCC1Nc1ccc(F)cc1[N+](=O)[O-]. The van der Waals surface area contributed by atoms with Gasteiger partial charge >= 0.3 is 0 Å². The van der Waals surface area contributed by atoms with Crippen LogP contribution in [0.15, 0.2) is 18.2 Å². The molecule has 19 heavy (non-hydrogen) atoms. The number of hydrogen-bond donors (Lipinski definition) is 1. The van der Waals surface area contributed by atoms with E-state index in [0.717, 1.165) is 25.6 Å². The molecule has 1 saturated heterocycles. The number of benzene rings is 1. The summed E-state index contributed by atoms with van der Waals surface area (Å²) < 4.78 is 13.1. The maximum Gasteiger partial charge on any atom is 0.295 e. The van der Waals surface area contributed by atoms with Crippen LogP contribution in [0.3, 0.4) is 0 Å². The van der Waals surface area contributed by atoms with E-state index in [1.807, 2.05) is 0 Å². The third-order valence-corrected chi connectivity index (χ3v) is 3.61. The van der Waals surface area contributed by atoms with Crippen LogP contribution in [0.4, 0.5) is 15.8 Å². The zero-order chi connectivity index (χ0) is 14.0. The maximum absolute atomic E-state index is 13.1. The molecule has 0 amide bonds. The lowest BCUT2D eigenvalue weighted by molar-refractivity contribution is -0.384. The second-order valence-electron chi connectivity index (χ2n) is 5.20. The molecule has 0 spiro atoms. The van der Waals surface area contributed by atoms with Gasteiger partial charge in [0.05, 0.1) is 11.0 Å². The van der Waals surface area contributed by atoms with E-state index in [9.17, 15) is 14.5 Å². The Morgan fingerprint density at radius 2 is 2.26 bits per heavy atom. The Morgan fingerprint density at radius 3 is 2.89 bits per heavy atom. The topological polar surface area (TPSA) is 58.4 Å². The zero-order valence-electron chi connectivity index (χ0n) is 11.1. The number of rotatable bonds is 3. The van der Waals surface area contributed by atoms with Gasteiger partial charge in [0.25, 0.3) is 5.69 Å². The lowest BCUT2D eigenvalue weighted by atomic mass is 9.94. The molecule has 2 unspecified atom stereocenters. The van der Waals surface area contributed by atoms with Crippen LogP contribution in [0.5, 0.6) is 0 Å². The quantitative estimate of drug-likeness (QED) is 0.675. The van der Waals surface area contributed by atoms with Gasteiger partial charge in [0, 0.05) is 12.6 Å². The number of likely N-dealkylation sites (tertiary alicyclic amines) is 1. The summed E-state index contributed by atoms with van der Waals surface area (Å²) in [6, 6.07) is 3.83. The summed E-state index contributed by atoms with van der Waals surface area (Å²) in [4.78, 5) is 12.6. The first kappa shape index (κ1) is 13.7. The molecule has 2 rings (SSSR count). The smallest absolute Gasteiger partial charge is 0.295 e. The van der Waals surface area contributed by atoms with Crippen molar-refractivity contribution in [1.29, 1.82) is 0 Å². The van der Waals surface area contributed by atoms with Gasteiger partial charge in [0.15, 0.2) is 0 Å². The second kappa shape index (κ2) is 5.52. The van der Waals surface area contributed by atoms with Gasteiger partial charge in [-0.3, -0.25) is 10.1 Å². The lowest BCUT2D eigenvalue weighted by Crippen LogP contribution is -2.43. The van der Waals surface area contributed by atoms with Crippen molar-refractivity contribution < 1.29 is 9.31 Å². The number of nitrogens with one attached hydrogen (secondary N) is 1. The molecule has 5 nitrogen and oxygen atoms in total. The Hall–Kier alpha value is -1.69. The Balaban J connectivity index is 2.17. The van der Waals surface area contributed by atoms with Crippen LogP contribution >= 0.6 is 0 Å². The predicted octanol–water partition coefficient (Wildman–Crippen LogP) is 2.49. The summed E-state index contributed by atoms with van der Waals surface area (Å²) in [5, 5.41) is 14.1. The molecule has 0 aromatic heterocycles. The molecule has 0 bridgehead atoms. The molecule has 0 saturated carbocycles. The summed E-state index contributed by atoms with van der Waals surface area (Å²) in [7, 11) is 2.06. The van der Waals surface area contributed by atoms with Crippen molar-refractivity contribution in [3.8, 4) is 0 Å². The number of nitro benzene ring substituents is 1. The highest BCUT2D eigenvalue weighted by Crippen LogP contribution is 2.28. The first-order valence-corrected chi connectivity index (χ1v) is 6.36. The lowest BCUT2D eigenvalue weighted by Gasteiger charge is -2.35. The van der Waals surface area contributed by atoms with E-state index in [-0.39, 0.29) is 11.7 Å². The number of piperidine rings is 1. The molecule has 6 heteroatoms. The Labute approximate surface area is 111 Å². The third kappa shape index (κ3) is 3.20. The van der Waals surface area contributed by atoms with Crippen LogP contribution in [-0.2, 0) is 0 Å². The van der Waals surface area contributed by atoms with Crippen molar-refractivity contribution in [2.75, 3.05) is 25.5 Å². The van der Waals surface area contributed by atoms with E-state index in [4.69, 9.17) is 0 Å². The molecule has 1 aliphatic rings. The van der Waals surface area contributed by atoms with Gasteiger partial charge in [-0.05, 0) is 38.1 Å². The summed E-state index contributed by atoms with van der Waals surface area (Å²) >= 11 is 0. The largest absolute Gasteiger partial charge is 0.376 e. The molecule has 1 aromatic carbocycles. The van der Waals surface area contributed by atoms with Crippen LogP contribution in [0.25, 0.3) is 0 Å². The highest BCUT2D eigenvalue weighted by atomic mass is 19.1. The van der Waals surface area contributed by atoms with Crippen LogP contribution in [-0.4, -0.2) is 36.0 Å². The average molecular weight is 267 g/mol. The normalized spacial score (nSPS) is 24.2. The van der Waals surface area contributed by atoms with Gasteiger partial charge in [0.2, 0.25) is 0 Å². The van der Waals surface area contributed by atoms with Crippen molar-refractivity contribution >= 4 is 11.4 Å². The molecule has 1 fully saturated rings. The van der Waals surface area contributed by atoms with Gasteiger partial charge in [-0.2, -0.15) is 0 Å². The van der Waals surface area contributed by atoms with Gasteiger partial charge < -0.3 is 10.2 Å². The van der Waals surface area contributed by atoms with Gasteiger partial charge in [-0.25, -0.2) is 4.39 Å². The molecule has 0 aliphatic carbocycles. The maximum atomic E-state index is 13.1. The standard InChI is InChI=1S/C13H18FN3O2/c1-9-8-16(2)6-5-11(9)15-12-4-3-10(14)7-13(12)17(18)19/h3-4,7,9,11,15H,5-6,8H2,1-2H3. The van der Waals surface area contributed by atoms with Gasteiger partial charge in [0.1, 0.15) is 11.5 Å². The van der Waals surface area contributed by atoms with Crippen LogP contribution < -0.4 is 5.32 Å². The highest BCUT2D eigenvalue weighted by Gasteiger charge is 2.26. The van der Waals surface area contributed by atoms with Crippen molar-refractivity contribution in [2.45, 2.75) is 19.4 Å². The number of nitrogens with zero attached hydrogens (tertiary/aromatic N) is 2. The fraction of sp³-hybridized carbons (Fsp3) is 0.538. The van der Waals surface area contributed by atoms with Crippen molar-refractivity contribution in [1.82, 2.24) is 4.90 Å². The molecule has 1 N–H and O–H groups in total. The molecular weight excluding hydrogens is 249 g/mol. The third-order valence-electron chi connectivity index (χ3n) is 3.61. The summed E-state index contributed by atoms with van der Waals surface area (Å²) in [6.07, 6.45) is 0.923. The van der Waals surface area contributed by atoms with Crippen molar-refractivity contribution in [2.24, 2.45) is 5.92 Å². The van der Waals surface area contributed by atoms with Crippen LogP contribution in [0, 0.1) is 21.8 Å². The Bertz CT molecular complexity index is 481. The van der Waals surface area contributed by atoms with E-state index < -0.39 is 10.7 Å². The monoisotopic (exact) mass is 267 g/mol. The fourth-order valence-electron chi connectivity index (χ4n) is 2.55. The average Bonchev–Trinajstić information content (AvgIpc) is 2.34. The van der Waals surface area contributed by atoms with E-state index in [1.54, 1.807) is 0 Å². The van der Waals surface area contributed by atoms with Crippen molar-refractivity contribution in [3.05, 3.63) is 34.1 Å². The van der Waals surface area contributed by atoms with Crippen LogP contribution in [0.2, 0.25) is 0 Å². The second-order valence-corrected chi connectivity index (χ2v) is 5.20. The first-order valence-electron chi connectivity index (χ1n) is 6.36. The molecular formula is C13H18FN3O2. The number of nitro groups is 1. The number of halogens is 1. The molecule has 1 heterocycles. The van der Waals surface area contributed by atoms with E-state index in [0.29, 0.717) is 11.6 Å². The predicted molar refractivity (Wildman–Crippen MR) is 71.7 cm³/mol. The summed E-state index contributed by atoms with van der Waals surface area (Å²) in [6.45, 7) is 4.02. The molecule has 1 aromatic rings. The summed E-state index contributed by atoms with van der Waals surface area (Å²) in [5.41, 5.74) is 0.193. The minimum Gasteiger partial charge on any atom is -0.376 e. The van der Waals surface area contributed by atoms with E-state index in [1.165, 1.54) is 12.1 Å². The minimum atomic E-state index is -0.589. The number of hydrogen-bond acceptors (Lipinski definition) is 4. The molecule has 0 radical (unpaired) electrons. The number of anilines is 1. The highest BCUT2D eigenvalue weighted by molar-refractivity contribution is 5.61. The fourth-order valence-corrected chi connectivity index (χ4v) is 2.55. The Morgan fingerprint density at radius 1 is 1.53 bits per heavy atom. The van der Waals surface area contributed by atoms with E-state index >= 15 is 0 Å². The van der Waals surface area contributed by atoms with Gasteiger partial charge in [-0.1, -0.05) is 6.92 Å². The summed E-state index contributed by atoms with van der Waals surface area (Å²) in [5.74, 6) is -0.197. The molecule has 2 atom stereocenters. The Kier molecular flexibility index (Phi) is 3.99. The zero-order valence-corrected chi connectivity index (χ0v) is 11.1.